The molecule has 0 fully saturated rings. The Kier molecular flexibility index (Phi) is 8.75. The van der Waals surface area contributed by atoms with Crippen LogP contribution in [0, 0.1) is 13.8 Å². The molecule has 2 aromatic rings. The van der Waals surface area contributed by atoms with Crippen LogP contribution in [0.15, 0.2) is 20.9 Å². The first-order valence-electron chi connectivity index (χ1n) is 8.36. The van der Waals surface area contributed by atoms with Crippen LogP contribution in [0.25, 0.3) is 0 Å². The van der Waals surface area contributed by atoms with E-state index in [1.165, 1.54) is 0 Å². The largest absolute Gasteiger partial charge is 0.466 e. The van der Waals surface area contributed by atoms with Crippen molar-refractivity contribution in [1.29, 1.82) is 0 Å². The van der Waals surface area contributed by atoms with Gasteiger partial charge in [-0.25, -0.2) is 9.98 Å². The summed E-state index contributed by atoms with van der Waals surface area (Å²) in [6, 6.07) is 1.77. The summed E-state index contributed by atoms with van der Waals surface area (Å²) in [6.45, 7) is 7.79. The number of aliphatic imine (C=N–C) groups is 1. The van der Waals surface area contributed by atoms with E-state index in [1.54, 1.807) is 26.8 Å². The van der Waals surface area contributed by atoms with Gasteiger partial charge >= 0.3 is 6.18 Å². The van der Waals surface area contributed by atoms with Crippen LogP contribution < -0.4 is 10.6 Å². The summed E-state index contributed by atoms with van der Waals surface area (Å²) in [5.41, 5.74) is -1.45. The summed E-state index contributed by atoms with van der Waals surface area (Å²) >= 11 is 0.906. The molecule has 6 nitrogen and oxygen atoms in total. The highest BCUT2D eigenvalue weighted by Crippen LogP contribution is 2.30. The van der Waals surface area contributed by atoms with Gasteiger partial charge in [-0.1, -0.05) is 0 Å². The first kappa shape index (κ1) is 24.7. The number of alkyl halides is 3. The van der Waals surface area contributed by atoms with Crippen LogP contribution in [-0.2, 0) is 18.3 Å². The van der Waals surface area contributed by atoms with Gasteiger partial charge < -0.3 is 20.2 Å². The second kappa shape index (κ2) is 9.92. The van der Waals surface area contributed by atoms with E-state index in [9.17, 15) is 18.3 Å². The molecular formula is C17H24F3IN4O2S. The Hall–Kier alpha value is -1.34. The Morgan fingerprint density at radius 2 is 2.00 bits per heavy atom. The van der Waals surface area contributed by atoms with Crippen LogP contribution in [0.1, 0.15) is 41.6 Å². The monoisotopic (exact) mass is 532 g/mol. The third-order valence-electron chi connectivity index (χ3n) is 3.78. The van der Waals surface area contributed by atoms with Gasteiger partial charge in [0, 0.05) is 17.5 Å². The van der Waals surface area contributed by atoms with Crippen molar-refractivity contribution in [2.24, 2.45) is 4.99 Å². The molecule has 158 valence electrons. The average molecular weight is 532 g/mol. The van der Waals surface area contributed by atoms with Crippen LogP contribution >= 0.6 is 35.3 Å². The quantitative estimate of drug-likeness (QED) is 0.298. The number of aromatic nitrogens is 1. The lowest BCUT2D eigenvalue weighted by atomic mass is 9.96. The third-order valence-corrected chi connectivity index (χ3v) is 4.61. The Morgan fingerprint density at radius 1 is 1.32 bits per heavy atom. The highest BCUT2D eigenvalue weighted by Gasteiger charge is 2.33. The van der Waals surface area contributed by atoms with Gasteiger partial charge in [-0.05, 0) is 33.8 Å². The fraction of sp³-hybridized carbons (Fsp3) is 0.529. The molecule has 11 heteroatoms. The van der Waals surface area contributed by atoms with Crippen LogP contribution in [0.5, 0.6) is 0 Å². The fourth-order valence-electron chi connectivity index (χ4n) is 2.52. The van der Waals surface area contributed by atoms with Gasteiger partial charge in [0.1, 0.15) is 22.1 Å². The molecule has 0 saturated carbocycles. The molecule has 1 unspecified atom stereocenters. The Balaban J connectivity index is 0.00000392. The van der Waals surface area contributed by atoms with Crippen molar-refractivity contribution < 1.29 is 22.7 Å². The van der Waals surface area contributed by atoms with Gasteiger partial charge in [-0.2, -0.15) is 13.2 Å². The maximum absolute atomic E-state index is 12.6. The molecule has 0 amide bonds. The predicted octanol–water partition coefficient (Wildman–Crippen LogP) is 3.95. The Bertz CT molecular complexity index is 803. The molecule has 2 heterocycles. The number of thiazole rings is 1. The zero-order chi connectivity index (χ0) is 20.2. The summed E-state index contributed by atoms with van der Waals surface area (Å²) in [4.78, 5) is 7.80. The highest BCUT2D eigenvalue weighted by molar-refractivity contribution is 14.0. The zero-order valence-electron chi connectivity index (χ0n) is 16.0. The van der Waals surface area contributed by atoms with Crippen molar-refractivity contribution in [3.63, 3.8) is 0 Å². The summed E-state index contributed by atoms with van der Waals surface area (Å²) in [5.74, 6) is 1.70. The number of hydrogen-bond donors (Lipinski definition) is 3. The van der Waals surface area contributed by atoms with Crippen LogP contribution in [0.2, 0.25) is 0 Å². The van der Waals surface area contributed by atoms with Gasteiger partial charge in [0.25, 0.3) is 0 Å². The first-order valence-corrected chi connectivity index (χ1v) is 9.24. The van der Waals surface area contributed by atoms with E-state index in [2.05, 4.69) is 20.6 Å². The number of aryl methyl sites for hydroxylation is 2. The van der Waals surface area contributed by atoms with Crippen molar-refractivity contribution in [3.8, 4) is 0 Å². The maximum atomic E-state index is 12.6. The smallest absolute Gasteiger partial charge is 0.434 e. The molecule has 2 aromatic heterocycles. The number of guanidine groups is 1. The standard InChI is InChI=1S/C17H23F3N4O2S.HI/c1-5-21-15(22-7-14-24-13(8-27-14)17(18,19)20)23-9-16(4,25)12-6-10(2)26-11(12)3;/h6,8,25H,5,7,9H2,1-4H3,(H2,21,22,23);1H. The second-order valence-corrected chi connectivity index (χ2v) is 7.22. The SMILES string of the molecule is CCNC(=NCc1nc(C(F)(F)F)cs1)NCC(C)(O)c1cc(C)oc1C.I. The third kappa shape index (κ3) is 6.62. The molecule has 0 aliphatic rings. The maximum Gasteiger partial charge on any atom is 0.434 e. The molecule has 0 bridgehead atoms. The number of hydrogen-bond acceptors (Lipinski definition) is 5. The van der Waals surface area contributed by atoms with Crippen LogP contribution in [0.4, 0.5) is 13.2 Å². The summed E-state index contributed by atoms with van der Waals surface area (Å²) < 4.78 is 43.3. The minimum atomic E-state index is -4.46. The molecular weight excluding hydrogens is 508 g/mol. The molecule has 0 saturated heterocycles. The van der Waals surface area contributed by atoms with Crippen molar-refractivity contribution in [3.05, 3.63) is 39.2 Å². The number of furan rings is 1. The predicted molar refractivity (Wildman–Crippen MR) is 113 cm³/mol. The highest BCUT2D eigenvalue weighted by atomic mass is 127. The van der Waals surface area contributed by atoms with Gasteiger partial charge in [-0.15, -0.1) is 35.3 Å². The lowest BCUT2D eigenvalue weighted by Crippen LogP contribution is -2.44. The van der Waals surface area contributed by atoms with Crippen molar-refractivity contribution in [2.45, 2.75) is 46.0 Å². The first-order chi connectivity index (χ1) is 12.5. The number of aliphatic hydroxyl groups is 1. The Morgan fingerprint density at radius 3 is 2.50 bits per heavy atom. The number of nitrogens with one attached hydrogen (secondary N) is 2. The van der Waals surface area contributed by atoms with E-state index >= 15 is 0 Å². The summed E-state index contributed by atoms with van der Waals surface area (Å²) in [5, 5.41) is 18.0. The average Bonchev–Trinajstić information content (AvgIpc) is 3.16. The van der Waals surface area contributed by atoms with E-state index in [4.69, 9.17) is 4.42 Å². The van der Waals surface area contributed by atoms with Gasteiger partial charge in [0.05, 0.1) is 13.1 Å². The topological polar surface area (TPSA) is 82.7 Å². The number of rotatable bonds is 6. The fourth-order valence-corrected chi connectivity index (χ4v) is 3.24. The molecule has 0 aromatic carbocycles. The van der Waals surface area contributed by atoms with E-state index in [0.717, 1.165) is 16.7 Å². The minimum absolute atomic E-state index is 0. The normalized spacial score (nSPS) is 14.4. The summed E-state index contributed by atoms with van der Waals surface area (Å²) in [6.07, 6.45) is -4.46. The van der Waals surface area contributed by atoms with E-state index in [-0.39, 0.29) is 42.1 Å². The van der Waals surface area contributed by atoms with Crippen molar-refractivity contribution >= 4 is 41.3 Å². The van der Waals surface area contributed by atoms with E-state index in [1.807, 2.05) is 6.92 Å². The molecule has 2 rings (SSSR count). The number of halogens is 4. The molecule has 0 aliphatic carbocycles. The van der Waals surface area contributed by atoms with Gasteiger partial charge in [0.2, 0.25) is 0 Å². The summed E-state index contributed by atoms with van der Waals surface area (Å²) in [7, 11) is 0. The van der Waals surface area contributed by atoms with Crippen molar-refractivity contribution in [2.75, 3.05) is 13.1 Å². The zero-order valence-corrected chi connectivity index (χ0v) is 19.1. The molecule has 28 heavy (non-hydrogen) atoms. The van der Waals surface area contributed by atoms with E-state index < -0.39 is 17.5 Å². The van der Waals surface area contributed by atoms with Crippen LogP contribution in [0.3, 0.4) is 0 Å². The lowest BCUT2D eigenvalue weighted by molar-refractivity contribution is -0.140. The van der Waals surface area contributed by atoms with Crippen molar-refractivity contribution in [1.82, 2.24) is 15.6 Å². The lowest BCUT2D eigenvalue weighted by Gasteiger charge is -2.24. The Labute approximate surface area is 182 Å². The van der Waals surface area contributed by atoms with E-state index in [0.29, 0.717) is 29.6 Å². The molecule has 0 aliphatic heterocycles. The van der Waals surface area contributed by atoms with Gasteiger partial charge in [0.15, 0.2) is 11.7 Å². The number of nitrogens with zero attached hydrogens (tertiary/aromatic N) is 2. The van der Waals surface area contributed by atoms with Gasteiger partial charge in [-0.3, -0.25) is 0 Å². The molecule has 3 N–H and O–H groups in total. The minimum Gasteiger partial charge on any atom is -0.466 e. The molecule has 1 atom stereocenters. The molecule has 0 spiro atoms. The van der Waals surface area contributed by atoms with Crippen LogP contribution in [-0.4, -0.2) is 29.1 Å². The molecule has 0 radical (unpaired) electrons. The second-order valence-electron chi connectivity index (χ2n) is 6.27.